The number of hydrogen-bond donors (Lipinski definition) is 0. The predicted molar refractivity (Wildman–Crippen MR) is 112 cm³/mol. The molecule has 0 aromatic carbocycles. The van der Waals surface area contributed by atoms with Gasteiger partial charge in [-0.05, 0) is 0 Å². The van der Waals surface area contributed by atoms with E-state index in [0.717, 1.165) is 6.42 Å². The third-order valence-corrected chi connectivity index (χ3v) is 11.7. The second-order valence-corrected chi connectivity index (χ2v) is 12.8. The number of carbonyl (C=O) groups is 1. The minimum absolute atomic E-state index is 0.299. The Balaban J connectivity index is 3.31. The molecule has 144 valence electrons. The number of esters is 1. The van der Waals surface area contributed by atoms with Crippen molar-refractivity contribution in [2.75, 3.05) is 31.3 Å². The van der Waals surface area contributed by atoms with Crippen LogP contribution in [0.15, 0.2) is 12.7 Å². The Kier molecular flexibility index (Phi) is 15.9. The van der Waals surface area contributed by atoms with Gasteiger partial charge >= 0.3 is 129 Å². The van der Waals surface area contributed by atoms with Crippen molar-refractivity contribution in [3.8, 4) is 0 Å². The van der Waals surface area contributed by atoms with Gasteiger partial charge in [0.1, 0.15) is 0 Å². The zero-order valence-electron chi connectivity index (χ0n) is 16.7. The quantitative estimate of drug-likeness (QED) is 0.130. The van der Waals surface area contributed by atoms with Gasteiger partial charge in [-0.15, -0.1) is 0 Å². The monoisotopic (exact) mass is 358 g/mol. The van der Waals surface area contributed by atoms with Gasteiger partial charge in [-0.1, -0.05) is 6.58 Å². The van der Waals surface area contributed by atoms with Crippen molar-refractivity contribution in [1.29, 1.82) is 0 Å². The molecule has 0 fully saturated rings. The van der Waals surface area contributed by atoms with E-state index in [-0.39, 0.29) is 5.97 Å². The fraction of sp³-hybridized carbons (Fsp3) is 0.857. The third kappa shape index (κ3) is 12.1. The van der Waals surface area contributed by atoms with E-state index in [4.69, 9.17) is 4.74 Å². The summed E-state index contributed by atoms with van der Waals surface area (Å²) < 4.78 is 4.97. The molecule has 24 heavy (non-hydrogen) atoms. The first-order valence-corrected chi connectivity index (χ1v) is 13.3. The van der Waals surface area contributed by atoms with E-state index in [1.165, 1.54) is 82.3 Å². The second kappa shape index (κ2) is 16.1. The average molecular weight is 359 g/mol. The summed E-state index contributed by atoms with van der Waals surface area (Å²) in [6.45, 7) is 11.2. The van der Waals surface area contributed by atoms with Crippen LogP contribution in [0.3, 0.4) is 0 Å². The molecule has 0 heterocycles. The topological polar surface area (TPSA) is 26.3 Å². The summed E-state index contributed by atoms with van der Waals surface area (Å²) in [5.41, 5.74) is 0. The normalized spacial score (nSPS) is 12.1. The molecule has 3 heteroatoms. The SMILES string of the molecule is C=CC(=O)OCCCCCCCCCCCC[PH](CC)(CC)CC. The maximum atomic E-state index is 10.9. The van der Waals surface area contributed by atoms with Crippen molar-refractivity contribution in [2.24, 2.45) is 0 Å². The zero-order valence-corrected chi connectivity index (χ0v) is 17.7. The first kappa shape index (κ1) is 23.6. The van der Waals surface area contributed by atoms with Crippen molar-refractivity contribution in [3.63, 3.8) is 0 Å². The number of ether oxygens (including phenoxy) is 1. The standard InChI is InChI=1S/C21H43O2P/c1-5-21(22)23-19-17-15-13-11-9-10-12-14-16-18-20-24(6-2,7-3)8-4/h5,24H,1,6-20H2,2-4H3. The van der Waals surface area contributed by atoms with Crippen LogP contribution in [-0.4, -0.2) is 37.2 Å². The molecule has 0 rings (SSSR count). The molecule has 0 N–H and O–H groups in total. The van der Waals surface area contributed by atoms with Crippen LogP contribution >= 0.6 is 7.26 Å². The van der Waals surface area contributed by atoms with Crippen LogP contribution in [0.1, 0.15) is 85.0 Å². The Morgan fingerprint density at radius 3 is 1.62 bits per heavy atom. The second-order valence-electron chi connectivity index (χ2n) is 7.22. The summed E-state index contributed by atoms with van der Waals surface area (Å²) in [6, 6.07) is 0. The van der Waals surface area contributed by atoms with Crippen LogP contribution in [0.5, 0.6) is 0 Å². The Morgan fingerprint density at radius 1 is 0.792 bits per heavy atom. The van der Waals surface area contributed by atoms with Crippen molar-refractivity contribution >= 4 is 13.2 Å². The molecule has 0 radical (unpaired) electrons. The summed E-state index contributed by atoms with van der Waals surface area (Å²) >= 11 is 0. The van der Waals surface area contributed by atoms with Crippen molar-refractivity contribution in [2.45, 2.75) is 85.0 Å². The van der Waals surface area contributed by atoms with E-state index in [9.17, 15) is 4.79 Å². The maximum absolute atomic E-state index is 10.9. The molecule has 0 aliphatic heterocycles. The third-order valence-electron chi connectivity index (χ3n) is 5.76. The van der Waals surface area contributed by atoms with E-state index in [2.05, 4.69) is 27.4 Å². The Morgan fingerprint density at radius 2 is 1.21 bits per heavy atom. The summed E-state index contributed by atoms with van der Waals surface area (Å²) in [5.74, 6) is -0.299. The molecule has 0 unspecified atom stereocenters. The van der Waals surface area contributed by atoms with Gasteiger partial charge in [0.2, 0.25) is 0 Å². The molecule has 0 atom stereocenters. The molecule has 0 aromatic heterocycles. The Bertz CT molecular complexity index is 303. The Labute approximate surface area is 152 Å². The van der Waals surface area contributed by atoms with E-state index in [0.29, 0.717) is 6.61 Å². The van der Waals surface area contributed by atoms with E-state index in [1.807, 2.05) is 0 Å². The molecular formula is C21H43O2P. The number of unbranched alkanes of at least 4 members (excludes halogenated alkanes) is 9. The fourth-order valence-corrected chi connectivity index (χ4v) is 7.09. The van der Waals surface area contributed by atoms with Crippen LogP contribution in [0.25, 0.3) is 0 Å². The van der Waals surface area contributed by atoms with E-state index < -0.39 is 7.26 Å². The first-order valence-electron chi connectivity index (χ1n) is 10.4. The van der Waals surface area contributed by atoms with Gasteiger partial charge < -0.3 is 4.74 Å². The summed E-state index contributed by atoms with van der Waals surface area (Å²) in [7, 11) is -0.861. The Hall–Kier alpha value is -0.360. The van der Waals surface area contributed by atoms with Crippen LogP contribution in [0.2, 0.25) is 0 Å². The average Bonchev–Trinajstić information content (AvgIpc) is 2.62. The van der Waals surface area contributed by atoms with Gasteiger partial charge in [-0.3, -0.25) is 0 Å². The van der Waals surface area contributed by atoms with E-state index in [1.54, 1.807) is 6.16 Å². The van der Waals surface area contributed by atoms with Gasteiger partial charge in [0.05, 0.1) is 0 Å². The van der Waals surface area contributed by atoms with Crippen LogP contribution in [0, 0.1) is 0 Å². The van der Waals surface area contributed by atoms with Gasteiger partial charge in [-0.25, -0.2) is 4.79 Å². The molecule has 0 aliphatic rings. The molecule has 0 saturated carbocycles. The molecule has 0 saturated heterocycles. The van der Waals surface area contributed by atoms with Crippen LogP contribution < -0.4 is 0 Å². The van der Waals surface area contributed by atoms with Crippen molar-refractivity contribution < 1.29 is 9.53 Å². The predicted octanol–water partition coefficient (Wildman–Crippen LogP) is 6.43. The number of hydrogen-bond acceptors (Lipinski definition) is 2. The van der Waals surface area contributed by atoms with E-state index >= 15 is 0 Å². The molecule has 0 amide bonds. The van der Waals surface area contributed by atoms with Gasteiger partial charge in [-0.2, -0.15) is 0 Å². The molecule has 0 bridgehead atoms. The van der Waals surface area contributed by atoms with Crippen LogP contribution in [0.4, 0.5) is 0 Å². The summed E-state index contributed by atoms with van der Waals surface area (Å²) in [4.78, 5) is 10.9. The first-order chi connectivity index (χ1) is 11.6. The zero-order chi connectivity index (χ0) is 18.1. The number of carbonyl (C=O) groups excluding carboxylic acids is 1. The molecule has 0 aromatic rings. The summed E-state index contributed by atoms with van der Waals surface area (Å²) in [5, 5.41) is 0. The van der Waals surface area contributed by atoms with Crippen molar-refractivity contribution in [1.82, 2.24) is 0 Å². The minimum atomic E-state index is -0.861. The number of rotatable bonds is 17. The molecule has 0 aliphatic carbocycles. The molecule has 0 spiro atoms. The fourth-order valence-electron chi connectivity index (χ4n) is 3.53. The van der Waals surface area contributed by atoms with Gasteiger partial charge in [0.25, 0.3) is 0 Å². The molecular weight excluding hydrogens is 315 g/mol. The van der Waals surface area contributed by atoms with Gasteiger partial charge in [0.15, 0.2) is 0 Å². The van der Waals surface area contributed by atoms with Crippen molar-refractivity contribution in [3.05, 3.63) is 12.7 Å². The van der Waals surface area contributed by atoms with Gasteiger partial charge in [0, 0.05) is 6.08 Å². The molecule has 2 nitrogen and oxygen atoms in total. The van der Waals surface area contributed by atoms with Crippen LogP contribution in [-0.2, 0) is 9.53 Å². The summed E-state index contributed by atoms with van der Waals surface area (Å²) in [6.07, 6.45) is 20.5.